The minimum absolute atomic E-state index is 0.0516. The monoisotopic (exact) mass is 205 g/mol. The Hall–Kier alpha value is -1.33. The number of halogens is 1. The molecule has 0 saturated carbocycles. The molecule has 1 atom stereocenters. The van der Waals surface area contributed by atoms with Gasteiger partial charge in [-0.3, -0.25) is 0 Å². The zero-order valence-electron chi connectivity index (χ0n) is 9.18. The average molecular weight is 205 g/mol. The first-order valence-corrected chi connectivity index (χ1v) is 5.12. The van der Waals surface area contributed by atoms with Gasteiger partial charge in [-0.05, 0) is 36.7 Å². The number of rotatable bonds is 4. The molecule has 1 unspecified atom stereocenters. The first-order chi connectivity index (χ1) is 7.19. The van der Waals surface area contributed by atoms with Crippen LogP contribution >= 0.6 is 0 Å². The molecule has 0 spiro atoms. The van der Waals surface area contributed by atoms with Crippen LogP contribution in [0.25, 0.3) is 0 Å². The summed E-state index contributed by atoms with van der Waals surface area (Å²) in [6, 6.07) is 4.86. The number of nitrogens with one attached hydrogen (secondary N) is 1. The maximum absolute atomic E-state index is 13.1. The Labute approximate surface area is 90.7 Å². The summed E-state index contributed by atoms with van der Waals surface area (Å²) in [5.74, 6) is 2.40. The molecule has 1 aromatic rings. The van der Waals surface area contributed by atoms with Crippen molar-refractivity contribution < 1.29 is 4.39 Å². The normalized spacial score (nSPS) is 12.1. The lowest BCUT2D eigenvalue weighted by molar-refractivity contribution is 0.553. The fraction of sp³-hybridized carbons (Fsp3) is 0.385. The van der Waals surface area contributed by atoms with Gasteiger partial charge in [-0.1, -0.05) is 13.0 Å². The molecule has 15 heavy (non-hydrogen) atoms. The molecular formula is C13H16FN. The summed E-state index contributed by atoms with van der Waals surface area (Å²) >= 11 is 0. The molecule has 0 aliphatic rings. The molecule has 0 aliphatic carbocycles. The van der Waals surface area contributed by atoms with Crippen molar-refractivity contribution in [1.29, 1.82) is 0 Å². The van der Waals surface area contributed by atoms with E-state index in [0.717, 1.165) is 17.7 Å². The van der Waals surface area contributed by atoms with E-state index in [1.54, 1.807) is 12.1 Å². The smallest absolute Gasteiger partial charge is 0.123 e. The Morgan fingerprint density at radius 2 is 2.27 bits per heavy atom. The van der Waals surface area contributed by atoms with Gasteiger partial charge in [-0.15, -0.1) is 12.3 Å². The Kier molecular flexibility index (Phi) is 4.33. The van der Waals surface area contributed by atoms with Gasteiger partial charge in [0.25, 0.3) is 0 Å². The van der Waals surface area contributed by atoms with Crippen LogP contribution < -0.4 is 5.32 Å². The Morgan fingerprint density at radius 3 is 2.87 bits per heavy atom. The summed E-state index contributed by atoms with van der Waals surface area (Å²) in [5, 5.41) is 3.26. The van der Waals surface area contributed by atoms with Crippen LogP contribution in [-0.4, -0.2) is 6.54 Å². The summed E-state index contributed by atoms with van der Waals surface area (Å²) in [4.78, 5) is 0. The van der Waals surface area contributed by atoms with Crippen LogP contribution in [0.4, 0.5) is 4.39 Å². The summed E-state index contributed by atoms with van der Waals surface area (Å²) in [5.41, 5.74) is 2.02. The quantitative estimate of drug-likeness (QED) is 0.745. The fourth-order valence-electron chi connectivity index (χ4n) is 1.64. The van der Waals surface area contributed by atoms with E-state index in [0.29, 0.717) is 6.42 Å². The average Bonchev–Trinajstić information content (AvgIpc) is 2.21. The molecule has 1 nitrogen and oxygen atoms in total. The molecule has 1 rings (SSSR count). The van der Waals surface area contributed by atoms with Gasteiger partial charge in [0.1, 0.15) is 5.82 Å². The topological polar surface area (TPSA) is 12.0 Å². The van der Waals surface area contributed by atoms with Gasteiger partial charge in [0.2, 0.25) is 0 Å². The third kappa shape index (κ3) is 3.07. The number of hydrogen-bond donors (Lipinski definition) is 1. The van der Waals surface area contributed by atoms with Crippen molar-refractivity contribution in [3.8, 4) is 12.3 Å². The number of terminal acetylenes is 1. The maximum atomic E-state index is 13.1. The molecule has 2 heteroatoms. The van der Waals surface area contributed by atoms with Crippen molar-refractivity contribution in [1.82, 2.24) is 5.32 Å². The summed E-state index contributed by atoms with van der Waals surface area (Å²) in [6.45, 7) is 4.80. The minimum Gasteiger partial charge on any atom is -0.309 e. The zero-order chi connectivity index (χ0) is 11.3. The van der Waals surface area contributed by atoms with Gasteiger partial charge in [0.05, 0.1) is 0 Å². The number of aryl methyl sites for hydroxylation is 1. The van der Waals surface area contributed by atoms with Gasteiger partial charge < -0.3 is 5.32 Å². The van der Waals surface area contributed by atoms with Crippen molar-refractivity contribution in [2.24, 2.45) is 0 Å². The molecule has 0 saturated heterocycles. The largest absolute Gasteiger partial charge is 0.309 e. The van der Waals surface area contributed by atoms with E-state index in [-0.39, 0.29) is 11.9 Å². The Bertz CT molecular complexity index is 365. The molecular weight excluding hydrogens is 189 g/mol. The molecule has 1 N–H and O–H groups in total. The van der Waals surface area contributed by atoms with E-state index in [1.165, 1.54) is 6.07 Å². The van der Waals surface area contributed by atoms with Crippen LogP contribution in [0, 0.1) is 25.1 Å². The van der Waals surface area contributed by atoms with Gasteiger partial charge >= 0.3 is 0 Å². The molecule has 0 aromatic heterocycles. The first-order valence-electron chi connectivity index (χ1n) is 5.12. The number of hydrogen-bond acceptors (Lipinski definition) is 1. The lowest BCUT2D eigenvalue weighted by Gasteiger charge is -2.18. The van der Waals surface area contributed by atoms with Crippen LogP contribution in [0.1, 0.15) is 30.5 Å². The minimum atomic E-state index is -0.212. The molecule has 0 amide bonds. The van der Waals surface area contributed by atoms with Crippen LogP contribution in [0.3, 0.4) is 0 Å². The lowest BCUT2D eigenvalue weighted by Crippen LogP contribution is -2.21. The molecule has 0 heterocycles. The second-order valence-corrected chi connectivity index (χ2v) is 3.52. The predicted molar refractivity (Wildman–Crippen MR) is 61.0 cm³/mol. The molecule has 80 valence electrons. The van der Waals surface area contributed by atoms with Gasteiger partial charge in [0, 0.05) is 12.5 Å². The van der Waals surface area contributed by atoms with E-state index < -0.39 is 0 Å². The van der Waals surface area contributed by atoms with E-state index in [4.69, 9.17) is 6.42 Å². The maximum Gasteiger partial charge on any atom is 0.123 e. The van der Waals surface area contributed by atoms with Gasteiger partial charge in [-0.2, -0.15) is 0 Å². The predicted octanol–water partition coefficient (Wildman–Crippen LogP) is 2.81. The summed E-state index contributed by atoms with van der Waals surface area (Å²) < 4.78 is 13.1. The third-order valence-electron chi connectivity index (χ3n) is 2.39. The van der Waals surface area contributed by atoms with Gasteiger partial charge in [-0.25, -0.2) is 4.39 Å². The zero-order valence-corrected chi connectivity index (χ0v) is 9.18. The Balaban J connectivity index is 2.99. The second kappa shape index (κ2) is 5.53. The van der Waals surface area contributed by atoms with Crippen LogP contribution in [0.2, 0.25) is 0 Å². The molecule has 0 aliphatic heterocycles. The standard InChI is InChI=1S/C13H16FN/c1-4-6-13(15-5-2)12-9-11(14)8-7-10(12)3/h1,7-9,13,15H,5-6H2,2-3H3. The highest BCUT2D eigenvalue weighted by molar-refractivity contribution is 5.30. The van der Waals surface area contributed by atoms with Gasteiger partial charge in [0.15, 0.2) is 0 Å². The number of benzene rings is 1. The fourth-order valence-corrected chi connectivity index (χ4v) is 1.64. The van der Waals surface area contributed by atoms with E-state index in [1.807, 2.05) is 13.8 Å². The van der Waals surface area contributed by atoms with Crippen molar-refractivity contribution in [3.63, 3.8) is 0 Å². The highest BCUT2D eigenvalue weighted by atomic mass is 19.1. The van der Waals surface area contributed by atoms with E-state index in [2.05, 4.69) is 11.2 Å². The second-order valence-electron chi connectivity index (χ2n) is 3.52. The Morgan fingerprint density at radius 1 is 1.53 bits per heavy atom. The van der Waals surface area contributed by atoms with Crippen LogP contribution in [0.5, 0.6) is 0 Å². The first kappa shape index (κ1) is 11.7. The highest BCUT2D eigenvalue weighted by Gasteiger charge is 2.11. The highest BCUT2D eigenvalue weighted by Crippen LogP contribution is 2.21. The van der Waals surface area contributed by atoms with Crippen LogP contribution in [0.15, 0.2) is 18.2 Å². The van der Waals surface area contributed by atoms with Crippen molar-refractivity contribution in [3.05, 3.63) is 35.1 Å². The lowest BCUT2D eigenvalue weighted by atomic mass is 9.99. The van der Waals surface area contributed by atoms with Crippen LogP contribution in [-0.2, 0) is 0 Å². The molecule has 1 aromatic carbocycles. The summed E-state index contributed by atoms with van der Waals surface area (Å²) in [6.07, 6.45) is 5.88. The van der Waals surface area contributed by atoms with E-state index >= 15 is 0 Å². The summed E-state index contributed by atoms with van der Waals surface area (Å²) in [7, 11) is 0. The third-order valence-corrected chi connectivity index (χ3v) is 2.39. The van der Waals surface area contributed by atoms with Crippen molar-refractivity contribution in [2.75, 3.05) is 6.54 Å². The van der Waals surface area contributed by atoms with E-state index in [9.17, 15) is 4.39 Å². The molecule has 0 bridgehead atoms. The molecule has 0 radical (unpaired) electrons. The van der Waals surface area contributed by atoms with Crippen molar-refractivity contribution in [2.45, 2.75) is 26.3 Å². The SMILES string of the molecule is C#CCC(NCC)c1cc(F)ccc1C. The van der Waals surface area contributed by atoms with Crippen molar-refractivity contribution >= 4 is 0 Å². The molecule has 0 fully saturated rings.